The number of carbonyl (C=O) groups is 6. The molecule has 0 atom stereocenters. The van der Waals surface area contributed by atoms with Crippen molar-refractivity contribution in [3.8, 4) is 0 Å². The van der Waals surface area contributed by atoms with Crippen molar-refractivity contribution in [3.05, 3.63) is 35.4 Å². The standard InChI is InChI=1S/C8H6O2.4C2H4O2/c9-5-7-3-1-2-4-8(7)6-10;4*1-2(3)4/h1-6H;4*1H3,(H,3,4)/p-4. The van der Waals surface area contributed by atoms with Crippen LogP contribution in [0.2, 0.25) is 0 Å². The van der Waals surface area contributed by atoms with E-state index in [0.717, 1.165) is 27.7 Å². The number of carboxylic acid groups (broad SMARTS) is 4. The van der Waals surface area contributed by atoms with Gasteiger partial charge in [0.2, 0.25) is 0 Å². The molecular weight excluding hydrogens is 352 g/mol. The minimum absolute atomic E-state index is 0.442. The fourth-order valence-corrected chi connectivity index (χ4v) is 0.726. The Hall–Kier alpha value is -3.56. The zero-order chi connectivity index (χ0) is 21.7. The largest absolute Gasteiger partial charge is 0.550 e. The van der Waals surface area contributed by atoms with Crippen molar-refractivity contribution in [2.75, 3.05) is 0 Å². The molecule has 0 amide bonds. The van der Waals surface area contributed by atoms with Gasteiger partial charge in [0.1, 0.15) is 0 Å². The van der Waals surface area contributed by atoms with Crippen LogP contribution < -0.4 is 20.4 Å². The van der Waals surface area contributed by atoms with Gasteiger partial charge in [-0.3, -0.25) is 9.59 Å². The molecule has 0 saturated heterocycles. The monoisotopic (exact) mass is 370 g/mol. The zero-order valence-electron chi connectivity index (χ0n) is 14.5. The van der Waals surface area contributed by atoms with Crippen LogP contribution in [0.25, 0.3) is 0 Å². The maximum Gasteiger partial charge on any atom is 0.150 e. The topological polar surface area (TPSA) is 195 Å². The highest BCUT2D eigenvalue weighted by Gasteiger charge is 1.95. The minimum atomic E-state index is -1.08. The van der Waals surface area contributed by atoms with Gasteiger partial charge in [-0.25, -0.2) is 0 Å². The van der Waals surface area contributed by atoms with E-state index in [1.807, 2.05) is 0 Å². The van der Waals surface area contributed by atoms with E-state index >= 15 is 0 Å². The first-order valence-electron chi connectivity index (χ1n) is 6.51. The van der Waals surface area contributed by atoms with E-state index in [1.165, 1.54) is 0 Å². The molecule has 0 aliphatic carbocycles. The number of rotatable bonds is 2. The Kier molecular flexibility index (Phi) is 25.0. The lowest BCUT2D eigenvalue weighted by Gasteiger charge is -1.91. The summed E-state index contributed by atoms with van der Waals surface area (Å²) in [5.41, 5.74) is 0.884. The van der Waals surface area contributed by atoms with Crippen LogP contribution in [0.3, 0.4) is 0 Å². The molecule has 0 aliphatic rings. The molecule has 0 heterocycles. The minimum Gasteiger partial charge on any atom is -0.550 e. The third-order valence-corrected chi connectivity index (χ3v) is 1.25. The summed E-state index contributed by atoms with van der Waals surface area (Å²) in [6.07, 6.45) is 1.34. The van der Waals surface area contributed by atoms with Crippen LogP contribution in [0.15, 0.2) is 24.3 Å². The number of benzene rings is 1. The Labute approximate surface area is 149 Å². The van der Waals surface area contributed by atoms with E-state index < -0.39 is 23.9 Å². The van der Waals surface area contributed by atoms with Gasteiger partial charge in [-0.2, -0.15) is 0 Å². The van der Waals surface area contributed by atoms with Crippen LogP contribution in [-0.4, -0.2) is 36.4 Å². The molecule has 0 aromatic heterocycles. The van der Waals surface area contributed by atoms with E-state index in [2.05, 4.69) is 0 Å². The molecule has 1 aromatic rings. The average molecular weight is 370 g/mol. The average Bonchev–Trinajstić information content (AvgIpc) is 2.44. The molecule has 0 bridgehead atoms. The summed E-state index contributed by atoms with van der Waals surface area (Å²) in [5.74, 6) is -4.33. The van der Waals surface area contributed by atoms with Gasteiger partial charge in [-0.15, -0.1) is 0 Å². The smallest absolute Gasteiger partial charge is 0.150 e. The molecule has 1 aromatic carbocycles. The summed E-state index contributed by atoms with van der Waals surface area (Å²) in [4.78, 5) is 56.0. The SMILES string of the molecule is CC(=O)[O-].CC(=O)[O-].CC(=O)[O-].CC(=O)[O-].O=Cc1ccccc1C=O. The van der Waals surface area contributed by atoms with Crippen LogP contribution >= 0.6 is 0 Å². The molecule has 26 heavy (non-hydrogen) atoms. The van der Waals surface area contributed by atoms with Gasteiger partial charge >= 0.3 is 0 Å². The lowest BCUT2D eigenvalue weighted by molar-refractivity contribution is -0.303. The Morgan fingerprint density at radius 2 is 0.769 bits per heavy atom. The number of aliphatic carboxylic acids is 4. The normalized spacial score (nSPS) is 7.23. The van der Waals surface area contributed by atoms with Crippen molar-refractivity contribution in [1.82, 2.24) is 0 Å². The van der Waals surface area contributed by atoms with Crippen molar-refractivity contribution in [3.63, 3.8) is 0 Å². The third kappa shape index (κ3) is 59.0. The van der Waals surface area contributed by atoms with Crippen LogP contribution in [-0.2, 0) is 19.2 Å². The molecule has 10 nitrogen and oxygen atoms in total. The zero-order valence-corrected chi connectivity index (χ0v) is 14.5. The quantitative estimate of drug-likeness (QED) is 0.468. The maximum atomic E-state index is 10.2. The highest BCUT2D eigenvalue weighted by atomic mass is 16.4. The van der Waals surface area contributed by atoms with E-state index in [0.29, 0.717) is 23.7 Å². The third-order valence-electron chi connectivity index (χ3n) is 1.25. The second-order valence-electron chi connectivity index (χ2n) is 3.83. The van der Waals surface area contributed by atoms with Gasteiger partial charge in [0.05, 0.1) is 0 Å². The molecule has 0 saturated carbocycles. The van der Waals surface area contributed by atoms with Gasteiger partial charge in [-0.1, -0.05) is 24.3 Å². The second kappa shape index (κ2) is 21.4. The van der Waals surface area contributed by atoms with E-state index in [9.17, 15) is 9.59 Å². The number of aldehydes is 2. The van der Waals surface area contributed by atoms with E-state index in [4.69, 9.17) is 39.6 Å². The van der Waals surface area contributed by atoms with Crippen LogP contribution in [0.1, 0.15) is 48.4 Å². The first kappa shape index (κ1) is 30.3. The van der Waals surface area contributed by atoms with Crippen molar-refractivity contribution >= 4 is 36.4 Å². The molecule has 10 heteroatoms. The summed E-state index contributed by atoms with van der Waals surface area (Å²) >= 11 is 0. The molecule has 0 spiro atoms. The Morgan fingerprint density at radius 1 is 0.615 bits per heavy atom. The van der Waals surface area contributed by atoms with Crippen molar-refractivity contribution in [2.45, 2.75) is 27.7 Å². The Balaban J connectivity index is -0.000000129. The predicted octanol–water partition coefficient (Wildman–Crippen LogP) is -3.66. The maximum absolute atomic E-state index is 10.2. The fourth-order valence-electron chi connectivity index (χ4n) is 0.726. The van der Waals surface area contributed by atoms with E-state index in [1.54, 1.807) is 24.3 Å². The van der Waals surface area contributed by atoms with Gasteiger partial charge in [0, 0.05) is 35.0 Å². The highest BCUT2D eigenvalue weighted by molar-refractivity contribution is 5.90. The Bertz CT molecular complexity index is 487. The predicted molar refractivity (Wildman–Crippen MR) is 79.9 cm³/mol. The molecule has 146 valence electrons. The van der Waals surface area contributed by atoms with Gasteiger partial charge < -0.3 is 39.6 Å². The fraction of sp³-hybridized carbons (Fsp3) is 0.250. The molecule has 0 aliphatic heterocycles. The van der Waals surface area contributed by atoms with Crippen LogP contribution in [0.4, 0.5) is 0 Å². The number of hydrogen-bond acceptors (Lipinski definition) is 10. The summed E-state index contributed by atoms with van der Waals surface area (Å²) in [5, 5.41) is 35.6. The molecule has 1 rings (SSSR count). The molecule has 0 fully saturated rings. The molecule has 0 unspecified atom stereocenters. The molecular formula is C16H18O10-4. The lowest BCUT2D eigenvalue weighted by atomic mass is 10.1. The molecule has 0 radical (unpaired) electrons. The van der Waals surface area contributed by atoms with Crippen LogP contribution in [0.5, 0.6) is 0 Å². The summed E-state index contributed by atoms with van der Waals surface area (Å²) in [7, 11) is 0. The van der Waals surface area contributed by atoms with E-state index in [-0.39, 0.29) is 0 Å². The van der Waals surface area contributed by atoms with Gasteiger partial charge in [0.25, 0.3) is 0 Å². The summed E-state index contributed by atoms with van der Waals surface area (Å²) in [6.45, 7) is 3.89. The number of carbonyl (C=O) groups excluding carboxylic acids is 6. The first-order valence-corrected chi connectivity index (χ1v) is 6.51. The first-order chi connectivity index (χ1) is 11.8. The lowest BCUT2D eigenvalue weighted by Crippen LogP contribution is -2.16. The highest BCUT2D eigenvalue weighted by Crippen LogP contribution is 2.01. The second-order valence-corrected chi connectivity index (χ2v) is 3.83. The van der Waals surface area contributed by atoms with Crippen LogP contribution in [0, 0.1) is 0 Å². The van der Waals surface area contributed by atoms with Crippen molar-refractivity contribution < 1.29 is 49.2 Å². The van der Waals surface area contributed by atoms with Gasteiger partial charge in [-0.05, 0) is 27.7 Å². The van der Waals surface area contributed by atoms with Gasteiger partial charge in [0.15, 0.2) is 12.6 Å². The Morgan fingerprint density at radius 3 is 0.885 bits per heavy atom. The summed E-state index contributed by atoms with van der Waals surface area (Å²) < 4.78 is 0. The molecule has 0 N–H and O–H groups in total. The number of carboxylic acids is 4. The van der Waals surface area contributed by atoms with Crippen molar-refractivity contribution in [1.29, 1.82) is 0 Å². The van der Waals surface area contributed by atoms with Crippen molar-refractivity contribution in [2.24, 2.45) is 0 Å². The number of hydrogen-bond donors (Lipinski definition) is 0. The summed E-state index contributed by atoms with van der Waals surface area (Å²) in [6, 6.07) is 6.65.